The predicted octanol–water partition coefficient (Wildman–Crippen LogP) is 1.17. The summed E-state index contributed by atoms with van der Waals surface area (Å²) >= 11 is 0. The molecule has 1 atom stereocenters. The van der Waals surface area contributed by atoms with Gasteiger partial charge in [-0.25, -0.2) is 4.79 Å². The van der Waals surface area contributed by atoms with E-state index >= 15 is 0 Å². The van der Waals surface area contributed by atoms with Crippen LogP contribution < -0.4 is 5.32 Å². The first-order chi connectivity index (χ1) is 8.61. The molecule has 18 heavy (non-hydrogen) atoms. The summed E-state index contributed by atoms with van der Waals surface area (Å²) in [7, 11) is 3.46. The fourth-order valence-electron chi connectivity index (χ4n) is 2.32. The number of aryl methyl sites for hydroxylation is 1. The van der Waals surface area contributed by atoms with Gasteiger partial charge in [0.2, 0.25) is 0 Å². The number of carbonyl (C=O) groups excluding carboxylic acids is 1. The summed E-state index contributed by atoms with van der Waals surface area (Å²) in [5.74, 6) is 1.09. The average Bonchev–Trinajstić information content (AvgIpc) is 2.97. The highest BCUT2D eigenvalue weighted by Crippen LogP contribution is 2.18. The van der Waals surface area contributed by atoms with Crippen LogP contribution in [0.1, 0.15) is 28.3 Å². The van der Waals surface area contributed by atoms with Crippen molar-refractivity contribution in [2.75, 3.05) is 27.2 Å². The maximum absolute atomic E-state index is 11.5. The second kappa shape index (κ2) is 5.54. The molecule has 5 nitrogen and oxygen atoms in total. The van der Waals surface area contributed by atoms with E-state index in [1.807, 2.05) is 0 Å². The van der Waals surface area contributed by atoms with Crippen LogP contribution >= 0.6 is 0 Å². The number of furan rings is 1. The fourth-order valence-corrected chi connectivity index (χ4v) is 2.32. The molecule has 1 fully saturated rings. The lowest BCUT2D eigenvalue weighted by Gasteiger charge is -2.21. The molecule has 100 valence electrons. The topological polar surface area (TPSA) is 54.7 Å². The summed E-state index contributed by atoms with van der Waals surface area (Å²) in [4.78, 5) is 13.7. The van der Waals surface area contributed by atoms with E-state index in [-0.39, 0.29) is 5.97 Å². The van der Waals surface area contributed by atoms with E-state index in [1.54, 1.807) is 13.0 Å². The molecule has 2 rings (SSSR count). The van der Waals surface area contributed by atoms with Crippen LogP contribution in [0.5, 0.6) is 0 Å². The minimum Gasteiger partial charge on any atom is -0.465 e. The Morgan fingerprint density at radius 2 is 2.44 bits per heavy atom. The molecule has 5 heteroatoms. The summed E-state index contributed by atoms with van der Waals surface area (Å²) in [6, 6.07) is 2.32. The van der Waals surface area contributed by atoms with Crippen molar-refractivity contribution in [2.24, 2.45) is 0 Å². The second-order valence-electron chi connectivity index (χ2n) is 4.74. The zero-order valence-corrected chi connectivity index (χ0v) is 11.2. The molecule has 1 aromatic rings. The van der Waals surface area contributed by atoms with Crippen LogP contribution in [-0.4, -0.2) is 44.2 Å². The first kappa shape index (κ1) is 13.1. The zero-order valence-electron chi connectivity index (χ0n) is 11.2. The van der Waals surface area contributed by atoms with Gasteiger partial charge in [-0.3, -0.25) is 4.90 Å². The molecule has 0 aliphatic carbocycles. The van der Waals surface area contributed by atoms with Crippen molar-refractivity contribution in [1.29, 1.82) is 0 Å². The van der Waals surface area contributed by atoms with Gasteiger partial charge in [0.1, 0.15) is 17.1 Å². The van der Waals surface area contributed by atoms with Gasteiger partial charge in [-0.15, -0.1) is 0 Å². The van der Waals surface area contributed by atoms with Gasteiger partial charge in [-0.05, 0) is 33.0 Å². The van der Waals surface area contributed by atoms with Gasteiger partial charge in [-0.2, -0.15) is 0 Å². The van der Waals surface area contributed by atoms with Crippen molar-refractivity contribution in [3.05, 3.63) is 23.2 Å². The van der Waals surface area contributed by atoms with Crippen LogP contribution in [0.2, 0.25) is 0 Å². The molecule has 1 aliphatic heterocycles. The van der Waals surface area contributed by atoms with Crippen molar-refractivity contribution < 1.29 is 13.9 Å². The van der Waals surface area contributed by atoms with Crippen molar-refractivity contribution in [3.8, 4) is 0 Å². The van der Waals surface area contributed by atoms with Gasteiger partial charge in [0.25, 0.3) is 0 Å². The quantitative estimate of drug-likeness (QED) is 0.815. The highest BCUT2D eigenvalue weighted by atomic mass is 16.5. The summed E-state index contributed by atoms with van der Waals surface area (Å²) in [6.07, 6.45) is 1.15. The van der Waals surface area contributed by atoms with Crippen molar-refractivity contribution in [1.82, 2.24) is 10.2 Å². The minimum absolute atomic E-state index is 0.340. The van der Waals surface area contributed by atoms with Crippen LogP contribution in [-0.2, 0) is 11.3 Å². The average molecular weight is 252 g/mol. The molecule has 2 heterocycles. The van der Waals surface area contributed by atoms with Crippen molar-refractivity contribution >= 4 is 5.97 Å². The fraction of sp³-hybridized carbons (Fsp3) is 0.615. The monoisotopic (exact) mass is 252 g/mol. The Hall–Kier alpha value is -1.33. The smallest absolute Gasteiger partial charge is 0.341 e. The Labute approximate surface area is 107 Å². The van der Waals surface area contributed by atoms with E-state index in [0.717, 1.165) is 25.3 Å². The van der Waals surface area contributed by atoms with E-state index in [4.69, 9.17) is 9.15 Å². The number of ether oxygens (including phenoxy) is 1. The van der Waals surface area contributed by atoms with Gasteiger partial charge >= 0.3 is 5.97 Å². The van der Waals surface area contributed by atoms with Crippen LogP contribution in [0.25, 0.3) is 0 Å². The molecule has 0 bridgehead atoms. The van der Waals surface area contributed by atoms with Crippen LogP contribution in [0.15, 0.2) is 10.5 Å². The van der Waals surface area contributed by atoms with Crippen molar-refractivity contribution in [2.45, 2.75) is 25.9 Å². The third-order valence-electron chi connectivity index (χ3n) is 3.44. The minimum atomic E-state index is -0.340. The van der Waals surface area contributed by atoms with Gasteiger partial charge in [0, 0.05) is 12.6 Å². The first-order valence-electron chi connectivity index (χ1n) is 6.20. The lowest BCUT2D eigenvalue weighted by molar-refractivity contribution is 0.0599. The number of methoxy groups -OCH3 is 1. The number of hydrogen-bond acceptors (Lipinski definition) is 5. The molecule has 0 spiro atoms. The van der Waals surface area contributed by atoms with E-state index in [2.05, 4.69) is 17.3 Å². The van der Waals surface area contributed by atoms with Crippen LogP contribution in [0.3, 0.4) is 0 Å². The molecule has 1 aliphatic rings. The molecule has 0 saturated carbocycles. The SMILES string of the molecule is COC(=O)c1cc(CN(C)C2CCNC2)oc1C. The highest BCUT2D eigenvalue weighted by Gasteiger charge is 2.21. The number of likely N-dealkylation sites (N-methyl/N-ethyl adjacent to an activating group) is 1. The lowest BCUT2D eigenvalue weighted by atomic mass is 10.2. The Balaban J connectivity index is 2.03. The number of esters is 1. The van der Waals surface area contributed by atoms with E-state index in [9.17, 15) is 4.79 Å². The Morgan fingerprint density at radius 3 is 3.06 bits per heavy atom. The number of rotatable bonds is 4. The lowest BCUT2D eigenvalue weighted by Crippen LogP contribution is -2.32. The molecule has 0 radical (unpaired) electrons. The standard InChI is InChI=1S/C13H20N2O3/c1-9-12(13(16)17-3)6-11(18-9)8-15(2)10-4-5-14-7-10/h6,10,14H,4-5,7-8H2,1-3H3. The van der Waals surface area contributed by atoms with Gasteiger partial charge in [0.05, 0.1) is 13.7 Å². The summed E-state index contributed by atoms with van der Waals surface area (Å²) < 4.78 is 10.3. The molecule has 1 N–H and O–H groups in total. The van der Waals surface area contributed by atoms with Gasteiger partial charge in [0.15, 0.2) is 0 Å². The predicted molar refractivity (Wildman–Crippen MR) is 67.5 cm³/mol. The van der Waals surface area contributed by atoms with E-state index < -0.39 is 0 Å². The summed E-state index contributed by atoms with van der Waals surface area (Å²) in [6.45, 7) is 4.58. The van der Waals surface area contributed by atoms with E-state index in [1.165, 1.54) is 7.11 Å². The number of nitrogens with zero attached hydrogens (tertiary/aromatic N) is 1. The number of hydrogen-bond donors (Lipinski definition) is 1. The summed E-state index contributed by atoms with van der Waals surface area (Å²) in [5, 5.41) is 3.34. The van der Waals surface area contributed by atoms with Gasteiger partial charge < -0.3 is 14.5 Å². The molecular formula is C13H20N2O3. The highest BCUT2D eigenvalue weighted by molar-refractivity contribution is 5.90. The molecule has 1 saturated heterocycles. The molecule has 1 unspecified atom stereocenters. The maximum Gasteiger partial charge on any atom is 0.341 e. The number of nitrogens with one attached hydrogen (secondary N) is 1. The van der Waals surface area contributed by atoms with Crippen LogP contribution in [0.4, 0.5) is 0 Å². The van der Waals surface area contributed by atoms with E-state index in [0.29, 0.717) is 23.9 Å². The maximum atomic E-state index is 11.5. The van der Waals surface area contributed by atoms with Crippen LogP contribution in [0, 0.1) is 6.92 Å². The molecule has 0 amide bonds. The first-order valence-corrected chi connectivity index (χ1v) is 6.20. The largest absolute Gasteiger partial charge is 0.465 e. The summed E-state index contributed by atoms with van der Waals surface area (Å²) in [5.41, 5.74) is 0.519. The van der Waals surface area contributed by atoms with Crippen molar-refractivity contribution in [3.63, 3.8) is 0 Å². The number of carbonyl (C=O) groups is 1. The molecule has 1 aromatic heterocycles. The zero-order chi connectivity index (χ0) is 13.1. The molecule has 0 aromatic carbocycles. The Morgan fingerprint density at radius 1 is 1.67 bits per heavy atom. The third-order valence-corrected chi connectivity index (χ3v) is 3.44. The Kier molecular flexibility index (Phi) is 4.04. The Bertz CT molecular complexity index is 422. The third kappa shape index (κ3) is 2.73. The van der Waals surface area contributed by atoms with Gasteiger partial charge in [-0.1, -0.05) is 0 Å². The normalized spacial score (nSPS) is 19.4. The molecular weight excluding hydrogens is 232 g/mol. The second-order valence-corrected chi connectivity index (χ2v) is 4.74.